The van der Waals surface area contributed by atoms with Gasteiger partial charge in [-0.2, -0.15) is 13.2 Å². The number of ketones is 1. The molecule has 10 heteroatoms. The molecule has 0 spiro atoms. The fourth-order valence-electron chi connectivity index (χ4n) is 3.42. The SMILES string of the molecule is COc1ccc(C(=O)C2=CN(c3ccc(Cl)c(C(F)(F)F)c3)c3ccccc3S2(=O)=O)cc1. The van der Waals surface area contributed by atoms with E-state index in [0.717, 1.165) is 18.3 Å². The van der Waals surface area contributed by atoms with Gasteiger partial charge in [0.05, 0.1) is 28.3 Å². The second kappa shape index (κ2) is 8.24. The van der Waals surface area contributed by atoms with Crippen LogP contribution in [0.5, 0.6) is 5.75 Å². The zero-order chi connectivity index (χ0) is 24.0. The maximum absolute atomic E-state index is 13.4. The molecule has 3 aromatic carbocycles. The van der Waals surface area contributed by atoms with E-state index < -0.39 is 37.3 Å². The van der Waals surface area contributed by atoms with E-state index in [9.17, 15) is 26.4 Å². The third kappa shape index (κ3) is 4.09. The van der Waals surface area contributed by atoms with Crippen molar-refractivity contribution < 1.29 is 31.1 Å². The second-order valence-electron chi connectivity index (χ2n) is 7.05. The number of rotatable bonds is 4. The standard InChI is InChI=1S/C23H15ClF3NO4S/c1-32-16-9-6-14(7-10-16)22(29)21-13-28(19-4-2-3-5-20(19)33(21,30)31)15-8-11-18(24)17(12-15)23(25,26)27/h2-13H,1H3. The summed E-state index contributed by atoms with van der Waals surface area (Å²) in [5.74, 6) is -0.331. The molecule has 5 nitrogen and oxygen atoms in total. The van der Waals surface area contributed by atoms with Crippen LogP contribution in [-0.4, -0.2) is 21.3 Å². The monoisotopic (exact) mass is 493 g/mol. The minimum absolute atomic E-state index is 0.00546. The number of ether oxygens (including phenoxy) is 1. The maximum atomic E-state index is 13.4. The van der Waals surface area contributed by atoms with E-state index >= 15 is 0 Å². The average Bonchev–Trinajstić information content (AvgIpc) is 2.79. The molecular formula is C23H15ClF3NO4S. The molecule has 4 rings (SSSR count). The van der Waals surface area contributed by atoms with Crippen molar-refractivity contribution in [2.75, 3.05) is 12.0 Å². The molecule has 33 heavy (non-hydrogen) atoms. The minimum atomic E-state index is -4.72. The quantitative estimate of drug-likeness (QED) is 0.416. The Morgan fingerprint density at radius 3 is 2.30 bits per heavy atom. The summed E-state index contributed by atoms with van der Waals surface area (Å²) in [6.07, 6.45) is -3.69. The number of nitrogens with zero attached hydrogens (tertiary/aromatic N) is 1. The molecule has 3 aromatic rings. The molecule has 0 atom stereocenters. The van der Waals surface area contributed by atoms with Gasteiger partial charge in [0.2, 0.25) is 15.6 Å². The van der Waals surface area contributed by atoms with Crippen LogP contribution in [0.4, 0.5) is 24.5 Å². The molecule has 0 aromatic heterocycles. The number of Topliss-reactive ketones (excluding diaryl/α,β-unsaturated/α-hetero) is 1. The Kier molecular flexibility index (Phi) is 5.71. The number of carbonyl (C=O) groups is 1. The lowest BCUT2D eigenvalue weighted by Gasteiger charge is -2.29. The first-order chi connectivity index (χ1) is 15.5. The Balaban J connectivity index is 1.90. The summed E-state index contributed by atoms with van der Waals surface area (Å²) in [5, 5.41) is -0.498. The van der Waals surface area contributed by atoms with Gasteiger partial charge in [0.1, 0.15) is 10.7 Å². The van der Waals surface area contributed by atoms with Gasteiger partial charge in [-0.25, -0.2) is 8.42 Å². The summed E-state index contributed by atoms with van der Waals surface area (Å²) in [6.45, 7) is 0. The van der Waals surface area contributed by atoms with E-state index in [1.807, 2.05) is 0 Å². The minimum Gasteiger partial charge on any atom is -0.497 e. The zero-order valence-electron chi connectivity index (χ0n) is 16.9. The Morgan fingerprint density at radius 1 is 1.00 bits per heavy atom. The summed E-state index contributed by atoms with van der Waals surface area (Å²) in [4.78, 5) is 13.6. The summed E-state index contributed by atoms with van der Waals surface area (Å²) >= 11 is 5.74. The number of fused-ring (bicyclic) bond motifs is 1. The van der Waals surface area contributed by atoms with Gasteiger partial charge in [-0.05, 0) is 54.6 Å². The van der Waals surface area contributed by atoms with Crippen molar-refractivity contribution in [3.8, 4) is 5.75 Å². The lowest BCUT2D eigenvalue weighted by molar-refractivity contribution is -0.137. The van der Waals surface area contributed by atoms with Crippen LogP contribution in [0.2, 0.25) is 5.02 Å². The van der Waals surface area contributed by atoms with Crippen molar-refractivity contribution in [3.63, 3.8) is 0 Å². The third-order valence-corrected chi connectivity index (χ3v) is 7.18. The first kappa shape index (κ1) is 22.9. The molecule has 0 radical (unpaired) electrons. The van der Waals surface area contributed by atoms with Crippen LogP contribution in [0.3, 0.4) is 0 Å². The second-order valence-corrected chi connectivity index (χ2v) is 9.35. The molecule has 1 heterocycles. The Hall–Kier alpha value is -3.30. The van der Waals surface area contributed by atoms with Crippen LogP contribution in [0.15, 0.2) is 82.7 Å². The lowest BCUT2D eigenvalue weighted by atomic mass is 10.1. The highest BCUT2D eigenvalue weighted by Gasteiger charge is 2.38. The van der Waals surface area contributed by atoms with Gasteiger partial charge >= 0.3 is 6.18 Å². The number of halogens is 4. The molecule has 0 saturated carbocycles. The molecule has 0 N–H and O–H groups in total. The van der Waals surface area contributed by atoms with Gasteiger partial charge in [-0.1, -0.05) is 23.7 Å². The van der Waals surface area contributed by atoms with Crippen molar-refractivity contribution in [1.82, 2.24) is 0 Å². The van der Waals surface area contributed by atoms with Gasteiger partial charge in [0.25, 0.3) is 0 Å². The number of hydrogen-bond acceptors (Lipinski definition) is 5. The van der Waals surface area contributed by atoms with Crippen LogP contribution in [0.25, 0.3) is 0 Å². The van der Waals surface area contributed by atoms with E-state index in [0.29, 0.717) is 5.75 Å². The van der Waals surface area contributed by atoms with Crippen molar-refractivity contribution in [1.29, 1.82) is 0 Å². The number of benzene rings is 3. The smallest absolute Gasteiger partial charge is 0.417 e. The summed E-state index contributed by atoms with van der Waals surface area (Å²) in [6, 6.07) is 14.8. The molecule has 0 aliphatic carbocycles. The van der Waals surface area contributed by atoms with Gasteiger partial charge in [-0.15, -0.1) is 0 Å². The highest BCUT2D eigenvalue weighted by atomic mass is 35.5. The van der Waals surface area contributed by atoms with E-state index in [4.69, 9.17) is 16.3 Å². The van der Waals surface area contributed by atoms with Crippen LogP contribution in [0, 0.1) is 0 Å². The summed E-state index contributed by atoms with van der Waals surface area (Å²) < 4.78 is 71.8. The Labute approximate surface area is 192 Å². The predicted molar refractivity (Wildman–Crippen MR) is 118 cm³/mol. The fourth-order valence-corrected chi connectivity index (χ4v) is 5.18. The van der Waals surface area contributed by atoms with E-state index in [-0.39, 0.29) is 21.8 Å². The van der Waals surface area contributed by atoms with E-state index in [1.165, 1.54) is 60.5 Å². The van der Waals surface area contributed by atoms with Gasteiger partial charge < -0.3 is 9.64 Å². The Bertz CT molecular complexity index is 1380. The molecule has 170 valence electrons. The van der Waals surface area contributed by atoms with Crippen LogP contribution >= 0.6 is 11.6 Å². The molecular weight excluding hydrogens is 479 g/mol. The topological polar surface area (TPSA) is 63.7 Å². The summed E-state index contributed by atoms with van der Waals surface area (Å²) in [5.41, 5.74) is -0.894. The van der Waals surface area contributed by atoms with Crippen molar-refractivity contribution >= 4 is 38.6 Å². The van der Waals surface area contributed by atoms with Crippen molar-refractivity contribution in [2.45, 2.75) is 11.1 Å². The number of hydrogen-bond donors (Lipinski definition) is 0. The first-order valence-corrected chi connectivity index (χ1v) is 11.3. The molecule has 0 fully saturated rings. The number of para-hydroxylation sites is 1. The molecule has 1 aliphatic heterocycles. The number of allylic oxidation sites excluding steroid dienone is 1. The number of sulfone groups is 1. The zero-order valence-corrected chi connectivity index (χ0v) is 18.5. The molecule has 0 amide bonds. The number of methoxy groups -OCH3 is 1. The van der Waals surface area contributed by atoms with Gasteiger partial charge in [0.15, 0.2) is 0 Å². The fraction of sp³-hybridized carbons (Fsp3) is 0.0870. The molecule has 0 bridgehead atoms. The molecule has 0 saturated heterocycles. The van der Waals surface area contributed by atoms with Crippen molar-refractivity contribution in [2.24, 2.45) is 0 Å². The first-order valence-electron chi connectivity index (χ1n) is 9.44. The van der Waals surface area contributed by atoms with E-state index in [1.54, 1.807) is 6.07 Å². The Morgan fingerprint density at radius 2 is 1.67 bits per heavy atom. The molecule has 1 aliphatic rings. The highest BCUT2D eigenvalue weighted by Crippen LogP contribution is 2.43. The third-order valence-electron chi connectivity index (χ3n) is 5.06. The summed E-state index contributed by atoms with van der Waals surface area (Å²) in [7, 11) is -2.80. The van der Waals surface area contributed by atoms with Crippen LogP contribution in [0.1, 0.15) is 15.9 Å². The normalized spacial score (nSPS) is 14.9. The number of alkyl halides is 3. The van der Waals surface area contributed by atoms with Crippen LogP contribution < -0.4 is 9.64 Å². The van der Waals surface area contributed by atoms with Gasteiger partial charge in [-0.3, -0.25) is 4.79 Å². The number of carbonyl (C=O) groups excluding carboxylic acids is 1. The predicted octanol–water partition coefficient (Wildman–Crippen LogP) is 6.02. The van der Waals surface area contributed by atoms with E-state index in [2.05, 4.69) is 0 Å². The largest absolute Gasteiger partial charge is 0.497 e. The number of anilines is 2. The van der Waals surface area contributed by atoms with Gasteiger partial charge in [0, 0.05) is 17.5 Å². The highest BCUT2D eigenvalue weighted by molar-refractivity contribution is 7.96. The molecule has 0 unspecified atom stereocenters. The lowest BCUT2D eigenvalue weighted by Crippen LogP contribution is -2.26. The van der Waals surface area contributed by atoms with Crippen molar-refractivity contribution in [3.05, 3.63) is 94.0 Å². The van der Waals surface area contributed by atoms with Crippen LogP contribution in [-0.2, 0) is 16.0 Å². The maximum Gasteiger partial charge on any atom is 0.417 e. The average molecular weight is 494 g/mol.